The average Bonchev–Trinajstić information content (AvgIpc) is 2.47. The van der Waals surface area contributed by atoms with Crippen molar-refractivity contribution in [3.05, 3.63) is 71.8 Å². The zero-order valence-electron chi connectivity index (χ0n) is 11.6. The molecule has 1 nitrogen and oxygen atoms in total. The van der Waals surface area contributed by atoms with E-state index < -0.39 is 0 Å². The van der Waals surface area contributed by atoms with E-state index in [4.69, 9.17) is 4.74 Å². The van der Waals surface area contributed by atoms with Crippen LogP contribution >= 0.6 is 0 Å². The quantitative estimate of drug-likeness (QED) is 0.749. The minimum atomic E-state index is 0.682. The Morgan fingerprint density at radius 3 is 2.37 bits per heavy atom. The van der Waals surface area contributed by atoms with Crippen molar-refractivity contribution in [2.75, 3.05) is 6.61 Å². The SMILES string of the molecule is C=C(c1ccc(CC)cc1)c1cccc(OCC)c1. The van der Waals surface area contributed by atoms with Gasteiger partial charge in [-0.2, -0.15) is 0 Å². The van der Waals surface area contributed by atoms with Crippen LogP contribution in [-0.4, -0.2) is 6.61 Å². The Morgan fingerprint density at radius 1 is 1.00 bits per heavy atom. The molecule has 0 atom stereocenters. The van der Waals surface area contributed by atoms with Gasteiger partial charge >= 0.3 is 0 Å². The summed E-state index contributed by atoms with van der Waals surface area (Å²) >= 11 is 0. The number of benzene rings is 2. The predicted molar refractivity (Wildman–Crippen MR) is 81.6 cm³/mol. The highest BCUT2D eigenvalue weighted by molar-refractivity contribution is 5.78. The molecule has 0 amide bonds. The fraction of sp³-hybridized carbons (Fsp3) is 0.222. The van der Waals surface area contributed by atoms with E-state index in [9.17, 15) is 0 Å². The molecule has 19 heavy (non-hydrogen) atoms. The molecular weight excluding hydrogens is 232 g/mol. The van der Waals surface area contributed by atoms with E-state index >= 15 is 0 Å². The first kappa shape index (κ1) is 13.4. The summed E-state index contributed by atoms with van der Waals surface area (Å²) in [6.45, 7) is 9.03. The van der Waals surface area contributed by atoms with Crippen molar-refractivity contribution in [2.24, 2.45) is 0 Å². The van der Waals surface area contributed by atoms with Crippen LogP contribution in [0, 0.1) is 0 Å². The Balaban J connectivity index is 2.24. The average molecular weight is 252 g/mol. The highest BCUT2D eigenvalue weighted by Gasteiger charge is 2.04. The maximum atomic E-state index is 5.53. The van der Waals surface area contributed by atoms with E-state index in [0.717, 1.165) is 28.9 Å². The summed E-state index contributed by atoms with van der Waals surface area (Å²) in [4.78, 5) is 0. The number of ether oxygens (including phenoxy) is 1. The molecule has 0 heterocycles. The molecule has 0 aliphatic rings. The third-order valence-electron chi connectivity index (χ3n) is 3.20. The van der Waals surface area contributed by atoms with Crippen molar-refractivity contribution in [2.45, 2.75) is 20.3 Å². The van der Waals surface area contributed by atoms with E-state index in [-0.39, 0.29) is 0 Å². The van der Waals surface area contributed by atoms with Gasteiger partial charge in [-0.1, -0.05) is 49.9 Å². The summed E-state index contributed by atoms with van der Waals surface area (Å²) in [7, 11) is 0. The second kappa shape index (κ2) is 6.24. The fourth-order valence-corrected chi connectivity index (χ4v) is 2.05. The van der Waals surface area contributed by atoms with E-state index in [1.165, 1.54) is 5.56 Å². The second-order valence-corrected chi connectivity index (χ2v) is 4.49. The minimum Gasteiger partial charge on any atom is -0.494 e. The molecule has 0 unspecified atom stereocenters. The molecule has 2 rings (SSSR count). The largest absolute Gasteiger partial charge is 0.494 e. The third-order valence-corrected chi connectivity index (χ3v) is 3.20. The van der Waals surface area contributed by atoms with Crippen LogP contribution < -0.4 is 4.74 Å². The smallest absolute Gasteiger partial charge is 0.119 e. The first-order valence-corrected chi connectivity index (χ1v) is 6.76. The van der Waals surface area contributed by atoms with Crippen molar-refractivity contribution in [3.63, 3.8) is 0 Å². The summed E-state index contributed by atoms with van der Waals surface area (Å²) in [6.07, 6.45) is 1.06. The van der Waals surface area contributed by atoms with Crippen LogP contribution in [0.25, 0.3) is 5.57 Å². The van der Waals surface area contributed by atoms with Crippen LogP contribution in [-0.2, 0) is 6.42 Å². The molecule has 0 radical (unpaired) electrons. The molecule has 0 spiro atoms. The maximum Gasteiger partial charge on any atom is 0.119 e. The van der Waals surface area contributed by atoms with Crippen molar-refractivity contribution < 1.29 is 4.74 Å². The monoisotopic (exact) mass is 252 g/mol. The van der Waals surface area contributed by atoms with Gasteiger partial charge in [-0.25, -0.2) is 0 Å². The van der Waals surface area contributed by atoms with Gasteiger partial charge in [0, 0.05) is 0 Å². The molecule has 0 aromatic heterocycles. The van der Waals surface area contributed by atoms with E-state index in [0.29, 0.717) is 6.61 Å². The van der Waals surface area contributed by atoms with Crippen molar-refractivity contribution in [1.82, 2.24) is 0 Å². The number of hydrogen-bond donors (Lipinski definition) is 0. The molecule has 0 saturated carbocycles. The molecule has 0 aliphatic heterocycles. The first-order valence-electron chi connectivity index (χ1n) is 6.76. The lowest BCUT2D eigenvalue weighted by atomic mass is 9.98. The number of rotatable bonds is 5. The lowest BCUT2D eigenvalue weighted by Crippen LogP contribution is -1.93. The van der Waals surface area contributed by atoms with Crippen molar-refractivity contribution in [1.29, 1.82) is 0 Å². The summed E-state index contributed by atoms with van der Waals surface area (Å²) in [5.41, 5.74) is 4.64. The van der Waals surface area contributed by atoms with Gasteiger partial charge in [0.2, 0.25) is 0 Å². The third kappa shape index (κ3) is 3.25. The van der Waals surface area contributed by atoms with Crippen LogP contribution in [0.5, 0.6) is 5.75 Å². The maximum absolute atomic E-state index is 5.53. The molecule has 2 aromatic rings. The number of aryl methyl sites for hydroxylation is 1. The van der Waals surface area contributed by atoms with E-state index in [1.54, 1.807) is 0 Å². The van der Waals surface area contributed by atoms with E-state index in [1.807, 2.05) is 25.1 Å². The summed E-state index contributed by atoms with van der Waals surface area (Å²) in [5, 5.41) is 0. The summed E-state index contributed by atoms with van der Waals surface area (Å²) < 4.78 is 5.53. The lowest BCUT2D eigenvalue weighted by Gasteiger charge is -2.09. The Kier molecular flexibility index (Phi) is 4.40. The van der Waals surface area contributed by atoms with Gasteiger partial charge in [-0.05, 0) is 47.7 Å². The molecule has 0 saturated heterocycles. The molecule has 2 aromatic carbocycles. The normalized spacial score (nSPS) is 10.2. The molecule has 0 fully saturated rings. The van der Waals surface area contributed by atoms with Gasteiger partial charge in [0.15, 0.2) is 0 Å². The molecule has 0 aliphatic carbocycles. The Bertz CT molecular complexity index is 552. The minimum absolute atomic E-state index is 0.682. The zero-order valence-corrected chi connectivity index (χ0v) is 11.6. The van der Waals surface area contributed by atoms with Crippen LogP contribution in [0.4, 0.5) is 0 Å². The topological polar surface area (TPSA) is 9.23 Å². The van der Waals surface area contributed by atoms with Crippen molar-refractivity contribution in [3.8, 4) is 5.75 Å². The Labute approximate surface area is 115 Å². The second-order valence-electron chi connectivity index (χ2n) is 4.49. The van der Waals surface area contributed by atoms with Crippen LogP contribution in [0.2, 0.25) is 0 Å². The lowest BCUT2D eigenvalue weighted by molar-refractivity contribution is 0.340. The van der Waals surface area contributed by atoms with E-state index in [2.05, 4.69) is 43.8 Å². The molecule has 1 heteroatoms. The highest BCUT2D eigenvalue weighted by Crippen LogP contribution is 2.25. The van der Waals surface area contributed by atoms with Gasteiger partial charge in [-0.3, -0.25) is 0 Å². The zero-order chi connectivity index (χ0) is 13.7. The van der Waals surface area contributed by atoms with Crippen LogP contribution in [0.15, 0.2) is 55.1 Å². The first-order chi connectivity index (χ1) is 9.24. The van der Waals surface area contributed by atoms with Gasteiger partial charge in [-0.15, -0.1) is 0 Å². The highest BCUT2D eigenvalue weighted by atomic mass is 16.5. The van der Waals surface area contributed by atoms with Crippen LogP contribution in [0.1, 0.15) is 30.5 Å². The predicted octanol–water partition coefficient (Wildman–Crippen LogP) is 4.71. The molecule has 0 N–H and O–H groups in total. The van der Waals surface area contributed by atoms with Crippen LogP contribution in [0.3, 0.4) is 0 Å². The summed E-state index contributed by atoms with van der Waals surface area (Å²) in [6, 6.07) is 16.7. The Morgan fingerprint density at radius 2 is 1.74 bits per heavy atom. The molecule has 98 valence electrons. The van der Waals surface area contributed by atoms with Crippen molar-refractivity contribution >= 4 is 5.57 Å². The molecule has 0 bridgehead atoms. The fourth-order valence-electron chi connectivity index (χ4n) is 2.05. The van der Waals surface area contributed by atoms with Gasteiger partial charge < -0.3 is 4.74 Å². The van der Waals surface area contributed by atoms with Gasteiger partial charge in [0.05, 0.1) is 6.61 Å². The van der Waals surface area contributed by atoms with Gasteiger partial charge in [0.1, 0.15) is 5.75 Å². The standard InChI is InChI=1S/C18H20O/c1-4-15-9-11-16(12-10-15)14(3)17-7-6-8-18(13-17)19-5-2/h6-13H,3-5H2,1-2H3. The Hall–Kier alpha value is -2.02. The van der Waals surface area contributed by atoms with Gasteiger partial charge in [0.25, 0.3) is 0 Å². The summed E-state index contributed by atoms with van der Waals surface area (Å²) in [5.74, 6) is 0.895. The number of hydrogen-bond acceptors (Lipinski definition) is 1. The molecular formula is C18H20O.